The Kier molecular flexibility index (Phi) is 6.02. The molecule has 0 aliphatic rings. The van der Waals surface area contributed by atoms with Crippen molar-refractivity contribution in [3.63, 3.8) is 0 Å². The molecule has 4 N–H and O–H groups in total. The highest BCUT2D eigenvalue weighted by Gasteiger charge is 2.14. The van der Waals surface area contributed by atoms with Gasteiger partial charge in [0, 0.05) is 12.1 Å². The van der Waals surface area contributed by atoms with Gasteiger partial charge in [0.1, 0.15) is 0 Å². The SMILES string of the molecule is CCCC(N)C(=O)Nc1ccccc1CCC(=O)O. The molecule has 1 aromatic carbocycles. The van der Waals surface area contributed by atoms with Crippen molar-refractivity contribution in [2.45, 2.75) is 38.6 Å². The maximum absolute atomic E-state index is 11.8. The van der Waals surface area contributed by atoms with E-state index in [0.717, 1.165) is 12.0 Å². The first-order chi connectivity index (χ1) is 9.04. The second-order valence-electron chi connectivity index (χ2n) is 4.44. The molecule has 1 aromatic rings. The molecule has 1 rings (SSSR count). The van der Waals surface area contributed by atoms with Gasteiger partial charge in [-0.05, 0) is 24.5 Å². The summed E-state index contributed by atoms with van der Waals surface area (Å²) in [4.78, 5) is 22.4. The van der Waals surface area contributed by atoms with Crippen molar-refractivity contribution in [3.8, 4) is 0 Å². The highest BCUT2D eigenvalue weighted by atomic mass is 16.4. The molecule has 0 radical (unpaired) electrons. The van der Waals surface area contributed by atoms with Crippen LogP contribution in [0.1, 0.15) is 31.7 Å². The lowest BCUT2D eigenvalue weighted by atomic mass is 10.1. The zero-order chi connectivity index (χ0) is 14.3. The van der Waals surface area contributed by atoms with Gasteiger partial charge in [-0.3, -0.25) is 9.59 Å². The second kappa shape index (κ2) is 7.53. The van der Waals surface area contributed by atoms with E-state index >= 15 is 0 Å². The third kappa shape index (κ3) is 5.09. The molecule has 5 heteroatoms. The number of anilines is 1. The molecule has 0 aromatic heterocycles. The molecule has 0 bridgehead atoms. The molecule has 1 unspecified atom stereocenters. The van der Waals surface area contributed by atoms with Gasteiger partial charge in [-0.15, -0.1) is 0 Å². The number of carbonyl (C=O) groups excluding carboxylic acids is 1. The van der Waals surface area contributed by atoms with Gasteiger partial charge in [0.2, 0.25) is 5.91 Å². The number of aryl methyl sites for hydroxylation is 1. The average Bonchev–Trinajstić information content (AvgIpc) is 2.37. The van der Waals surface area contributed by atoms with Crippen molar-refractivity contribution in [1.82, 2.24) is 0 Å². The zero-order valence-corrected chi connectivity index (χ0v) is 11.1. The van der Waals surface area contributed by atoms with Crippen LogP contribution in [0.3, 0.4) is 0 Å². The van der Waals surface area contributed by atoms with Gasteiger partial charge in [-0.1, -0.05) is 31.5 Å². The first-order valence-electron chi connectivity index (χ1n) is 6.40. The molecule has 104 valence electrons. The van der Waals surface area contributed by atoms with E-state index in [0.29, 0.717) is 18.5 Å². The number of rotatable bonds is 7. The average molecular weight is 264 g/mol. The number of benzene rings is 1. The van der Waals surface area contributed by atoms with Crippen LogP contribution in [0.4, 0.5) is 5.69 Å². The Morgan fingerprint density at radius 3 is 2.68 bits per heavy atom. The van der Waals surface area contributed by atoms with Gasteiger partial charge in [0.25, 0.3) is 0 Å². The number of aliphatic carboxylic acids is 1. The Balaban J connectivity index is 2.71. The highest BCUT2D eigenvalue weighted by molar-refractivity contribution is 5.95. The predicted octanol–water partition coefficient (Wildman–Crippen LogP) is 1.77. The van der Waals surface area contributed by atoms with Crippen LogP contribution in [0, 0.1) is 0 Å². The Bertz CT molecular complexity index is 446. The van der Waals surface area contributed by atoms with Crippen LogP contribution < -0.4 is 11.1 Å². The first kappa shape index (κ1) is 15.2. The Hall–Kier alpha value is -1.88. The maximum Gasteiger partial charge on any atom is 0.303 e. The number of amides is 1. The number of hydrogen-bond acceptors (Lipinski definition) is 3. The van der Waals surface area contributed by atoms with Gasteiger partial charge in [-0.25, -0.2) is 0 Å². The summed E-state index contributed by atoms with van der Waals surface area (Å²) in [7, 11) is 0. The van der Waals surface area contributed by atoms with Gasteiger partial charge >= 0.3 is 5.97 Å². The van der Waals surface area contributed by atoms with E-state index in [4.69, 9.17) is 10.8 Å². The van der Waals surface area contributed by atoms with Crippen LogP contribution >= 0.6 is 0 Å². The van der Waals surface area contributed by atoms with E-state index in [1.54, 1.807) is 12.1 Å². The molecule has 0 aliphatic heterocycles. The fraction of sp³-hybridized carbons (Fsp3) is 0.429. The summed E-state index contributed by atoms with van der Waals surface area (Å²) in [5.74, 6) is -1.09. The quantitative estimate of drug-likeness (QED) is 0.699. The Morgan fingerprint density at radius 2 is 2.05 bits per heavy atom. The molecule has 19 heavy (non-hydrogen) atoms. The Morgan fingerprint density at radius 1 is 1.37 bits per heavy atom. The molecule has 0 fully saturated rings. The van der Waals surface area contributed by atoms with Gasteiger partial charge < -0.3 is 16.2 Å². The van der Waals surface area contributed by atoms with Crippen LogP contribution in [0.2, 0.25) is 0 Å². The molecular weight excluding hydrogens is 244 g/mol. The van der Waals surface area contributed by atoms with Crippen molar-refractivity contribution in [3.05, 3.63) is 29.8 Å². The molecule has 1 amide bonds. The number of carboxylic acid groups (broad SMARTS) is 1. The normalized spacial score (nSPS) is 11.9. The highest BCUT2D eigenvalue weighted by Crippen LogP contribution is 2.17. The number of nitrogens with two attached hydrogens (primary N) is 1. The number of hydrogen-bond donors (Lipinski definition) is 3. The molecule has 0 spiro atoms. The number of carboxylic acids is 1. The molecule has 5 nitrogen and oxygen atoms in total. The third-order valence-corrected chi connectivity index (χ3v) is 2.82. The summed E-state index contributed by atoms with van der Waals surface area (Å²) in [5.41, 5.74) is 7.19. The predicted molar refractivity (Wildman–Crippen MR) is 73.9 cm³/mol. The summed E-state index contributed by atoms with van der Waals surface area (Å²) >= 11 is 0. The van der Waals surface area contributed by atoms with Crippen LogP contribution in [0.5, 0.6) is 0 Å². The lowest BCUT2D eigenvalue weighted by Gasteiger charge is -2.14. The number of carbonyl (C=O) groups is 2. The summed E-state index contributed by atoms with van der Waals surface area (Å²) in [6, 6.07) is 6.65. The topological polar surface area (TPSA) is 92.4 Å². The molecule has 0 heterocycles. The minimum atomic E-state index is -0.858. The molecule has 0 saturated carbocycles. The van der Waals surface area contributed by atoms with Crippen molar-refractivity contribution in [2.75, 3.05) is 5.32 Å². The first-order valence-corrected chi connectivity index (χ1v) is 6.40. The number of nitrogens with one attached hydrogen (secondary N) is 1. The fourth-order valence-electron chi connectivity index (χ4n) is 1.77. The second-order valence-corrected chi connectivity index (χ2v) is 4.44. The van der Waals surface area contributed by atoms with Gasteiger partial charge in [0.05, 0.1) is 6.04 Å². The summed E-state index contributed by atoms with van der Waals surface area (Å²) in [6.45, 7) is 1.97. The lowest BCUT2D eigenvalue weighted by molar-refractivity contribution is -0.136. The van der Waals surface area contributed by atoms with Crippen LogP contribution in [-0.2, 0) is 16.0 Å². The van der Waals surface area contributed by atoms with E-state index in [9.17, 15) is 9.59 Å². The van der Waals surface area contributed by atoms with Crippen LogP contribution in [-0.4, -0.2) is 23.0 Å². The van der Waals surface area contributed by atoms with Crippen LogP contribution in [0.15, 0.2) is 24.3 Å². The standard InChI is InChI=1S/C14H20N2O3/c1-2-5-11(15)14(19)16-12-7-4-3-6-10(12)8-9-13(17)18/h3-4,6-7,11H,2,5,8-9,15H2,1H3,(H,16,19)(H,17,18). The summed E-state index contributed by atoms with van der Waals surface area (Å²) < 4.78 is 0. The van der Waals surface area contributed by atoms with E-state index in [1.807, 2.05) is 19.1 Å². The zero-order valence-electron chi connectivity index (χ0n) is 11.1. The number of para-hydroxylation sites is 1. The minimum absolute atomic E-state index is 0.0356. The van der Waals surface area contributed by atoms with E-state index in [1.165, 1.54) is 0 Å². The van der Waals surface area contributed by atoms with Crippen LogP contribution in [0.25, 0.3) is 0 Å². The molecule has 0 saturated heterocycles. The molecular formula is C14H20N2O3. The third-order valence-electron chi connectivity index (χ3n) is 2.82. The van der Waals surface area contributed by atoms with Crippen molar-refractivity contribution >= 4 is 17.6 Å². The van der Waals surface area contributed by atoms with Gasteiger partial charge in [0.15, 0.2) is 0 Å². The van der Waals surface area contributed by atoms with E-state index in [2.05, 4.69) is 5.32 Å². The maximum atomic E-state index is 11.8. The smallest absolute Gasteiger partial charge is 0.303 e. The molecule has 0 aliphatic carbocycles. The van der Waals surface area contributed by atoms with E-state index < -0.39 is 12.0 Å². The fourth-order valence-corrected chi connectivity index (χ4v) is 1.77. The van der Waals surface area contributed by atoms with Gasteiger partial charge in [-0.2, -0.15) is 0 Å². The summed E-state index contributed by atoms with van der Waals surface area (Å²) in [5, 5.41) is 11.5. The van der Waals surface area contributed by atoms with E-state index in [-0.39, 0.29) is 12.3 Å². The van der Waals surface area contributed by atoms with Crippen molar-refractivity contribution < 1.29 is 14.7 Å². The largest absolute Gasteiger partial charge is 0.481 e. The summed E-state index contributed by atoms with van der Waals surface area (Å²) in [6.07, 6.45) is 1.89. The Labute approximate surface area is 112 Å². The molecule has 1 atom stereocenters. The van der Waals surface area contributed by atoms with Crippen molar-refractivity contribution in [1.29, 1.82) is 0 Å². The monoisotopic (exact) mass is 264 g/mol. The minimum Gasteiger partial charge on any atom is -0.481 e. The van der Waals surface area contributed by atoms with Crippen molar-refractivity contribution in [2.24, 2.45) is 5.73 Å². The lowest BCUT2D eigenvalue weighted by Crippen LogP contribution is -2.35.